The Morgan fingerprint density at radius 2 is 2.14 bits per heavy atom. The molecular formula is C16H28N4O2. The average Bonchev–Trinajstić information content (AvgIpc) is 2.68. The van der Waals surface area contributed by atoms with Gasteiger partial charge in [0.1, 0.15) is 0 Å². The molecule has 0 radical (unpaired) electrons. The maximum atomic E-state index is 12.0. The maximum Gasteiger partial charge on any atom is 0.221 e. The van der Waals surface area contributed by atoms with Crippen molar-refractivity contribution < 1.29 is 9.90 Å². The lowest BCUT2D eigenvalue weighted by molar-refractivity contribution is -0.122. The van der Waals surface area contributed by atoms with Crippen molar-refractivity contribution in [2.24, 2.45) is 0 Å². The zero-order chi connectivity index (χ0) is 16.2. The van der Waals surface area contributed by atoms with E-state index in [4.69, 9.17) is 0 Å². The molecule has 1 aromatic rings. The van der Waals surface area contributed by atoms with Gasteiger partial charge in [0.05, 0.1) is 11.3 Å². The smallest absolute Gasteiger partial charge is 0.221 e. The summed E-state index contributed by atoms with van der Waals surface area (Å²) in [7, 11) is 0. The summed E-state index contributed by atoms with van der Waals surface area (Å²) >= 11 is 0. The molecule has 2 rings (SSSR count). The highest BCUT2D eigenvalue weighted by Crippen LogP contribution is 2.18. The minimum atomic E-state index is -0.770. The first kappa shape index (κ1) is 17.0. The second-order valence-electron chi connectivity index (χ2n) is 6.37. The van der Waals surface area contributed by atoms with Gasteiger partial charge < -0.3 is 15.7 Å². The molecule has 0 aromatic carbocycles. The van der Waals surface area contributed by atoms with Gasteiger partial charge in [-0.1, -0.05) is 0 Å². The second-order valence-corrected chi connectivity index (χ2v) is 6.37. The van der Waals surface area contributed by atoms with E-state index in [2.05, 4.69) is 15.7 Å². The highest BCUT2D eigenvalue weighted by atomic mass is 16.3. The van der Waals surface area contributed by atoms with Crippen LogP contribution in [-0.4, -0.2) is 46.0 Å². The fraction of sp³-hybridized carbons (Fsp3) is 0.750. The molecule has 1 aliphatic heterocycles. The van der Waals surface area contributed by atoms with Crippen molar-refractivity contribution in [3.05, 3.63) is 17.0 Å². The normalized spacial score (nSPS) is 22.4. The SMILES string of the molecule is Cc1nn(CCC(=O)NC[C@]2(O)CCCNCC2)c(C)c1C. The van der Waals surface area contributed by atoms with Crippen LogP contribution in [0.1, 0.15) is 42.6 Å². The number of carbonyl (C=O) groups is 1. The highest BCUT2D eigenvalue weighted by Gasteiger charge is 2.28. The lowest BCUT2D eigenvalue weighted by Crippen LogP contribution is -2.43. The molecule has 0 bridgehead atoms. The molecular weight excluding hydrogens is 280 g/mol. The summed E-state index contributed by atoms with van der Waals surface area (Å²) in [6.45, 7) is 8.70. The van der Waals surface area contributed by atoms with Gasteiger partial charge in [0.15, 0.2) is 0 Å². The molecule has 22 heavy (non-hydrogen) atoms. The van der Waals surface area contributed by atoms with Gasteiger partial charge in [-0.05, 0) is 58.7 Å². The largest absolute Gasteiger partial charge is 0.388 e. The van der Waals surface area contributed by atoms with E-state index >= 15 is 0 Å². The van der Waals surface area contributed by atoms with Crippen molar-refractivity contribution in [3.8, 4) is 0 Å². The van der Waals surface area contributed by atoms with Crippen LogP contribution in [-0.2, 0) is 11.3 Å². The van der Waals surface area contributed by atoms with Gasteiger partial charge >= 0.3 is 0 Å². The average molecular weight is 308 g/mol. The van der Waals surface area contributed by atoms with Gasteiger partial charge in [-0.15, -0.1) is 0 Å². The van der Waals surface area contributed by atoms with Crippen molar-refractivity contribution in [3.63, 3.8) is 0 Å². The van der Waals surface area contributed by atoms with Crippen LogP contribution in [0.25, 0.3) is 0 Å². The van der Waals surface area contributed by atoms with E-state index in [1.807, 2.05) is 25.5 Å². The molecule has 6 nitrogen and oxygen atoms in total. The monoisotopic (exact) mass is 308 g/mol. The summed E-state index contributed by atoms with van der Waals surface area (Å²) in [4.78, 5) is 12.0. The van der Waals surface area contributed by atoms with Crippen LogP contribution in [0.2, 0.25) is 0 Å². The minimum absolute atomic E-state index is 0.0316. The first-order valence-electron chi connectivity index (χ1n) is 8.12. The van der Waals surface area contributed by atoms with Gasteiger partial charge in [0.2, 0.25) is 5.91 Å². The zero-order valence-corrected chi connectivity index (χ0v) is 13.9. The molecule has 0 saturated carbocycles. The quantitative estimate of drug-likeness (QED) is 0.752. The van der Waals surface area contributed by atoms with Gasteiger partial charge in [-0.3, -0.25) is 9.48 Å². The van der Waals surface area contributed by atoms with Crippen LogP contribution >= 0.6 is 0 Å². The number of aromatic nitrogens is 2. The molecule has 1 aromatic heterocycles. The number of amides is 1. The fourth-order valence-electron chi connectivity index (χ4n) is 2.85. The molecule has 1 fully saturated rings. The van der Waals surface area contributed by atoms with E-state index in [1.54, 1.807) is 0 Å². The fourth-order valence-corrected chi connectivity index (χ4v) is 2.85. The van der Waals surface area contributed by atoms with E-state index in [1.165, 1.54) is 5.56 Å². The lowest BCUT2D eigenvalue weighted by Gasteiger charge is -2.26. The van der Waals surface area contributed by atoms with Crippen molar-refractivity contribution in [2.75, 3.05) is 19.6 Å². The first-order chi connectivity index (χ1) is 10.4. The number of rotatable bonds is 5. The van der Waals surface area contributed by atoms with Gasteiger partial charge in [-0.2, -0.15) is 5.10 Å². The predicted molar refractivity (Wildman–Crippen MR) is 85.7 cm³/mol. The van der Waals surface area contributed by atoms with Crippen LogP contribution in [0.4, 0.5) is 0 Å². The molecule has 0 unspecified atom stereocenters. The number of nitrogens with one attached hydrogen (secondary N) is 2. The summed E-state index contributed by atoms with van der Waals surface area (Å²) in [6, 6.07) is 0. The van der Waals surface area contributed by atoms with Gasteiger partial charge in [-0.25, -0.2) is 0 Å². The summed E-state index contributed by atoms with van der Waals surface area (Å²) < 4.78 is 1.88. The summed E-state index contributed by atoms with van der Waals surface area (Å²) in [6.07, 6.45) is 2.74. The van der Waals surface area contributed by atoms with Crippen LogP contribution in [0.3, 0.4) is 0 Å². The molecule has 2 heterocycles. The minimum Gasteiger partial charge on any atom is -0.388 e. The highest BCUT2D eigenvalue weighted by molar-refractivity contribution is 5.75. The Morgan fingerprint density at radius 3 is 2.82 bits per heavy atom. The van der Waals surface area contributed by atoms with Crippen LogP contribution < -0.4 is 10.6 Å². The zero-order valence-electron chi connectivity index (χ0n) is 13.9. The third kappa shape index (κ3) is 4.30. The van der Waals surface area contributed by atoms with E-state index < -0.39 is 5.60 Å². The van der Waals surface area contributed by atoms with E-state index in [-0.39, 0.29) is 5.91 Å². The Labute approximate surface area is 132 Å². The molecule has 0 spiro atoms. The Kier molecular flexibility index (Phi) is 5.58. The number of aryl methyl sites for hydroxylation is 2. The topological polar surface area (TPSA) is 79.2 Å². The van der Waals surface area contributed by atoms with Crippen molar-refractivity contribution >= 4 is 5.91 Å². The van der Waals surface area contributed by atoms with Crippen LogP contribution in [0, 0.1) is 20.8 Å². The van der Waals surface area contributed by atoms with Crippen LogP contribution in [0.15, 0.2) is 0 Å². The van der Waals surface area contributed by atoms with Crippen molar-refractivity contribution in [2.45, 2.75) is 58.6 Å². The maximum absolute atomic E-state index is 12.0. The Hall–Kier alpha value is -1.40. The molecule has 1 saturated heterocycles. The second kappa shape index (κ2) is 7.24. The molecule has 3 N–H and O–H groups in total. The van der Waals surface area contributed by atoms with E-state index in [0.717, 1.165) is 37.3 Å². The first-order valence-corrected chi connectivity index (χ1v) is 8.12. The Bertz CT molecular complexity index is 516. The molecule has 1 atom stereocenters. The number of aliphatic hydroxyl groups is 1. The number of nitrogens with zero attached hydrogens (tertiary/aromatic N) is 2. The standard InChI is InChI=1S/C16H28N4O2/c1-12-13(2)19-20(14(12)3)10-5-15(21)18-11-16(22)6-4-8-17-9-7-16/h17,22H,4-11H2,1-3H3,(H,18,21)/t16-/m0/s1. The molecule has 1 aliphatic rings. The summed E-state index contributed by atoms with van der Waals surface area (Å²) in [5, 5.41) is 21.1. The van der Waals surface area contributed by atoms with Gasteiger partial charge in [0, 0.05) is 25.2 Å². The van der Waals surface area contributed by atoms with E-state index in [0.29, 0.717) is 25.9 Å². The van der Waals surface area contributed by atoms with Crippen LogP contribution in [0.5, 0.6) is 0 Å². The molecule has 0 aliphatic carbocycles. The van der Waals surface area contributed by atoms with E-state index in [9.17, 15) is 9.90 Å². The summed E-state index contributed by atoms with van der Waals surface area (Å²) in [5.41, 5.74) is 2.53. The number of hydrogen-bond acceptors (Lipinski definition) is 4. The van der Waals surface area contributed by atoms with Gasteiger partial charge in [0.25, 0.3) is 0 Å². The lowest BCUT2D eigenvalue weighted by atomic mass is 9.95. The van der Waals surface area contributed by atoms with Crippen molar-refractivity contribution in [1.29, 1.82) is 0 Å². The molecule has 6 heteroatoms. The third-order valence-electron chi connectivity index (χ3n) is 4.67. The van der Waals surface area contributed by atoms with Crippen molar-refractivity contribution in [1.82, 2.24) is 20.4 Å². The Morgan fingerprint density at radius 1 is 1.36 bits per heavy atom. The Balaban J connectivity index is 1.79. The molecule has 124 valence electrons. The number of hydrogen-bond donors (Lipinski definition) is 3. The number of carbonyl (C=O) groups excluding carboxylic acids is 1. The third-order valence-corrected chi connectivity index (χ3v) is 4.67. The predicted octanol–water partition coefficient (Wildman–Crippen LogP) is 0.819. The summed E-state index contributed by atoms with van der Waals surface area (Å²) in [5.74, 6) is -0.0316. The molecule has 1 amide bonds.